The first-order valence-electron chi connectivity index (χ1n) is 20.9. The van der Waals surface area contributed by atoms with Gasteiger partial charge in [-0.05, 0) is 69.1 Å². The molecule has 0 atom stereocenters. The minimum Gasteiger partial charge on any atom is -0.477 e. The Balaban J connectivity index is 1.15. The number of nitrogens with zero attached hydrogens (tertiary/aromatic N) is 6. The number of carboxylic acid groups (broad SMARTS) is 1. The van der Waals surface area contributed by atoms with Crippen molar-refractivity contribution in [3.05, 3.63) is 76.1 Å². The molecule has 3 aromatic heterocycles. The second-order valence-electron chi connectivity index (χ2n) is 15.5. The number of benzene rings is 1. The summed E-state index contributed by atoms with van der Waals surface area (Å²) in [7, 11) is 0. The van der Waals surface area contributed by atoms with Gasteiger partial charge in [-0.25, -0.2) is 9.78 Å². The molecule has 0 saturated carbocycles. The summed E-state index contributed by atoms with van der Waals surface area (Å²) < 4.78 is 42.4. The molecule has 1 aromatic carbocycles. The minimum atomic E-state index is -4.77. The van der Waals surface area contributed by atoms with Crippen LogP contribution in [0.5, 0.6) is 0 Å². The molecule has 5 rings (SSSR count). The number of nitrogens with two attached hydrogens (primary N) is 3. The number of quaternary nitrogens is 1. The summed E-state index contributed by atoms with van der Waals surface area (Å²) in [6.07, 6.45) is 1.60. The van der Waals surface area contributed by atoms with E-state index in [2.05, 4.69) is 35.8 Å². The molecule has 4 heterocycles. The van der Waals surface area contributed by atoms with Gasteiger partial charge in [-0.2, -0.15) is 18.3 Å². The van der Waals surface area contributed by atoms with Crippen LogP contribution in [0.1, 0.15) is 76.5 Å². The number of H-pyrrole nitrogens is 2. The fraction of sp³-hybridized carbons (Fsp3) is 0.488. The second kappa shape index (κ2) is 22.7. The topological polar surface area (TPSA) is 267 Å². The highest BCUT2D eigenvalue weighted by molar-refractivity contribution is 6.34. The lowest BCUT2D eigenvalue weighted by molar-refractivity contribution is -0.922. The first-order valence-corrected chi connectivity index (χ1v) is 21.3. The number of aromatic amines is 2. The highest BCUT2D eigenvalue weighted by Crippen LogP contribution is 2.36. The number of piperazine rings is 1. The molecule has 4 aromatic rings. The molecule has 0 aliphatic carbocycles. The first kappa shape index (κ1) is 48.4. The largest absolute Gasteiger partial charge is 0.477 e. The Bertz CT molecular complexity index is 2150. The molecule has 18 nitrogen and oxygen atoms in total. The van der Waals surface area contributed by atoms with E-state index in [0.29, 0.717) is 75.5 Å². The number of unbranched alkanes of at least 4 members (excludes halogenated alkanes) is 2. The van der Waals surface area contributed by atoms with Crippen LogP contribution in [-0.4, -0.2) is 147 Å². The number of hydrogen-bond donors (Lipinski definition) is 8. The van der Waals surface area contributed by atoms with Crippen molar-refractivity contribution in [1.29, 1.82) is 0 Å². The van der Waals surface area contributed by atoms with Crippen molar-refractivity contribution in [2.45, 2.75) is 51.1 Å². The monoisotopic (exact) mass is 902 g/mol. The second-order valence-corrected chi connectivity index (χ2v) is 15.9. The minimum absolute atomic E-state index is 0.0265. The van der Waals surface area contributed by atoms with Gasteiger partial charge in [0.25, 0.3) is 11.8 Å². The fourth-order valence-corrected chi connectivity index (χ4v) is 7.91. The van der Waals surface area contributed by atoms with Crippen LogP contribution >= 0.6 is 11.6 Å². The third-order valence-corrected chi connectivity index (χ3v) is 11.2. The summed E-state index contributed by atoms with van der Waals surface area (Å²) in [4.78, 5) is 66.2. The van der Waals surface area contributed by atoms with Crippen LogP contribution in [-0.2, 0) is 22.2 Å². The Morgan fingerprint density at radius 3 is 2.13 bits per heavy atom. The van der Waals surface area contributed by atoms with Crippen LogP contribution in [0.3, 0.4) is 0 Å². The van der Waals surface area contributed by atoms with Crippen LogP contribution < -0.4 is 27.8 Å². The average Bonchev–Trinajstić information content (AvgIpc) is 3.91. The van der Waals surface area contributed by atoms with Crippen molar-refractivity contribution in [3.8, 4) is 11.4 Å². The lowest BCUT2D eigenvalue weighted by Crippen LogP contribution is -2.54. The third-order valence-electron chi connectivity index (χ3n) is 10.9. The lowest BCUT2D eigenvalue weighted by atomic mass is 10.0. The van der Waals surface area contributed by atoms with E-state index in [1.165, 1.54) is 30.6 Å². The number of pyridine rings is 1. The van der Waals surface area contributed by atoms with Crippen LogP contribution in [0.2, 0.25) is 5.02 Å². The summed E-state index contributed by atoms with van der Waals surface area (Å²) in [5.74, 6) is -2.17. The van der Waals surface area contributed by atoms with Crippen molar-refractivity contribution in [3.63, 3.8) is 0 Å². The number of amides is 3. The van der Waals surface area contributed by atoms with Crippen molar-refractivity contribution < 1.29 is 41.9 Å². The third kappa shape index (κ3) is 13.4. The van der Waals surface area contributed by atoms with E-state index in [1.54, 1.807) is 21.9 Å². The molecule has 11 N–H and O–H groups in total. The van der Waals surface area contributed by atoms with Gasteiger partial charge in [0, 0.05) is 81.7 Å². The van der Waals surface area contributed by atoms with Gasteiger partial charge in [0.05, 0.1) is 53.5 Å². The number of carbonyl (C=O) groups is 4. The maximum atomic E-state index is 14.0. The van der Waals surface area contributed by atoms with Gasteiger partial charge in [-0.1, -0.05) is 11.6 Å². The van der Waals surface area contributed by atoms with Crippen molar-refractivity contribution in [2.24, 2.45) is 17.2 Å². The zero-order valence-corrected chi connectivity index (χ0v) is 35.7. The number of rotatable bonds is 23. The number of anilines is 2. The molecule has 63 heavy (non-hydrogen) atoms. The normalized spacial score (nSPS) is 13.3. The van der Waals surface area contributed by atoms with Crippen molar-refractivity contribution in [1.82, 2.24) is 34.9 Å². The zero-order valence-electron chi connectivity index (χ0n) is 35.0. The maximum Gasteiger partial charge on any atom is 0.435 e. The number of nitrogens with one attached hydrogen (secondary N) is 4. The van der Waals surface area contributed by atoms with E-state index < -0.39 is 23.7 Å². The van der Waals surface area contributed by atoms with Crippen molar-refractivity contribution >= 4 is 46.7 Å². The van der Waals surface area contributed by atoms with E-state index in [9.17, 15) is 37.5 Å². The van der Waals surface area contributed by atoms with Crippen LogP contribution in [0.4, 0.5) is 24.5 Å². The van der Waals surface area contributed by atoms with E-state index in [4.69, 9.17) is 28.8 Å². The quantitative estimate of drug-likeness (QED) is 0.0393. The van der Waals surface area contributed by atoms with Gasteiger partial charge in [0.15, 0.2) is 18.1 Å². The summed E-state index contributed by atoms with van der Waals surface area (Å²) in [5, 5.41) is 21.4. The van der Waals surface area contributed by atoms with Gasteiger partial charge in [0.1, 0.15) is 0 Å². The predicted molar refractivity (Wildman–Crippen MR) is 231 cm³/mol. The SMILES string of the molecule is NCCCC[N+](CCCCN)(CCCC(=O)N1CCN(C(=O)c2ccc(NC(=O)c3ncc(Cc4c(C(F)(F)F)n[nH]c4-c4ccc(NCCN)cn4)[nH]3)cc2Cl)CC1)CC(=O)O. The van der Waals surface area contributed by atoms with Crippen LogP contribution in [0, 0.1) is 0 Å². The summed E-state index contributed by atoms with van der Waals surface area (Å²) in [5.41, 5.74) is 17.2. The Hall–Kier alpha value is -5.61. The summed E-state index contributed by atoms with van der Waals surface area (Å²) >= 11 is 6.54. The number of alkyl halides is 3. The molecule has 0 unspecified atom stereocenters. The molecule has 3 amide bonds. The van der Waals surface area contributed by atoms with Crippen LogP contribution in [0.15, 0.2) is 42.7 Å². The summed E-state index contributed by atoms with van der Waals surface area (Å²) in [6.45, 7) is 4.97. The molecular formula is C41H56ClF3N13O5+. The predicted octanol–water partition coefficient (Wildman–Crippen LogP) is 3.52. The maximum absolute atomic E-state index is 14.0. The smallest absolute Gasteiger partial charge is 0.435 e. The lowest BCUT2D eigenvalue weighted by Gasteiger charge is -2.38. The molecule has 0 spiro atoms. The van der Waals surface area contributed by atoms with E-state index in [1.807, 2.05) is 0 Å². The highest BCUT2D eigenvalue weighted by Gasteiger charge is 2.39. The standard InChI is InChI=1S/C41H55ClF3N13O5/c42-32-23-27(53-39(62)38-51-25-29(52-38)22-31-36(54-55-37(31)41(43,44)45)33-10-8-28(24-50-33)49-14-13-48)7-9-30(32)40(63)57-17-15-56(16-18-57)34(59)6-5-21-58(26-35(60)61,19-3-1-11-46)20-4-2-12-47/h7-10,23-25H,1-6,11-22,26,46-48H2,(H4-,49,50,51,52,53,54,55,60,61,62,63)/p+1. The number of halogens is 4. The molecule has 0 radical (unpaired) electrons. The molecule has 342 valence electrons. The van der Waals surface area contributed by atoms with Gasteiger partial charge in [-0.15, -0.1) is 0 Å². The Morgan fingerprint density at radius 2 is 1.52 bits per heavy atom. The number of carboxylic acids is 1. The molecule has 1 aliphatic heterocycles. The molecule has 1 aliphatic rings. The van der Waals surface area contributed by atoms with Gasteiger partial charge < -0.3 is 52.2 Å². The number of carbonyl (C=O) groups excluding carboxylic acids is 3. The molecule has 22 heteroatoms. The number of imidazole rings is 1. The molecule has 1 fully saturated rings. The van der Waals surface area contributed by atoms with Crippen LogP contribution in [0.25, 0.3) is 11.4 Å². The summed E-state index contributed by atoms with van der Waals surface area (Å²) in [6, 6.07) is 7.58. The highest BCUT2D eigenvalue weighted by atomic mass is 35.5. The number of aliphatic carboxylic acids is 1. The van der Waals surface area contributed by atoms with E-state index >= 15 is 0 Å². The Morgan fingerprint density at radius 1 is 0.857 bits per heavy atom. The van der Waals surface area contributed by atoms with Gasteiger partial charge >= 0.3 is 12.1 Å². The Kier molecular flexibility index (Phi) is 17.4. The van der Waals surface area contributed by atoms with Crippen molar-refractivity contribution in [2.75, 3.05) is 89.2 Å². The first-order chi connectivity index (χ1) is 30.2. The number of aromatic nitrogens is 5. The molecule has 1 saturated heterocycles. The fourth-order valence-electron chi connectivity index (χ4n) is 7.65. The number of hydrogen-bond acceptors (Lipinski definition) is 11. The van der Waals surface area contributed by atoms with E-state index in [0.717, 1.165) is 25.7 Å². The van der Waals surface area contributed by atoms with Gasteiger partial charge in [0.2, 0.25) is 5.91 Å². The Labute approximate surface area is 367 Å². The average molecular weight is 903 g/mol. The molecular weight excluding hydrogens is 847 g/mol. The molecule has 0 bridgehead atoms. The van der Waals surface area contributed by atoms with E-state index in [-0.39, 0.29) is 89.0 Å². The van der Waals surface area contributed by atoms with Gasteiger partial charge in [-0.3, -0.25) is 24.5 Å². The zero-order chi connectivity index (χ0) is 45.6.